The van der Waals surface area contributed by atoms with Gasteiger partial charge in [-0.2, -0.15) is 0 Å². The summed E-state index contributed by atoms with van der Waals surface area (Å²) in [5.74, 6) is 0.518. The molecule has 3 aliphatic rings. The number of carbonyl (C=O) groups excluding carboxylic acids is 2. The summed E-state index contributed by atoms with van der Waals surface area (Å²) in [4.78, 5) is 26.3. The predicted octanol–water partition coefficient (Wildman–Crippen LogP) is 1.65. The molecule has 2 bridgehead atoms. The van der Waals surface area contributed by atoms with E-state index in [9.17, 15) is 9.59 Å². The molecule has 2 aliphatic carbocycles. The average Bonchev–Trinajstić information content (AvgIpc) is 2.50. The zero-order chi connectivity index (χ0) is 15.5. The molecule has 116 valence electrons. The Morgan fingerprint density at radius 2 is 2.23 bits per heavy atom. The number of fused-ring (bicyclic) bond motifs is 1. The van der Waals surface area contributed by atoms with Gasteiger partial charge in [-0.05, 0) is 62.0 Å². The number of likely N-dealkylation sites (tertiary alicyclic amines) is 1. The highest BCUT2D eigenvalue weighted by atomic mass is 16.1. The van der Waals surface area contributed by atoms with E-state index in [0.29, 0.717) is 36.1 Å². The Kier molecular flexibility index (Phi) is 2.95. The second-order valence-corrected chi connectivity index (χ2v) is 7.26. The van der Waals surface area contributed by atoms with Crippen LogP contribution in [0.15, 0.2) is 18.2 Å². The Labute approximate surface area is 130 Å². The lowest BCUT2D eigenvalue weighted by Gasteiger charge is -2.58. The third kappa shape index (κ3) is 1.80. The third-order valence-corrected chi connectivity index (χ3v) is 6.26. The number of amides is 1. The number of carbonyl (C=O) groups is 2. The van der Waals surface area contributed by atoms with Crippen LogP contribution in [0.1, 0.15) is 47.2 Å². The molecule has 2 N–H and O–H groups in total. The first-order valence-electron chi connectivity index (χ1n) is 8.16. The fourth-order valence-corrected chi connectivity index (χ4v) is 5.17. The van der Waals surface area contributed by atoms with Crippen molar-refractivity contribution in [2.75, 3.05) is 13.6 Å². The van der Waals surface area contributed by atoms with Crippen molar-refractivity contribution in [3.63, 3.8) is 0 Å². The van der Waals surface area contributed by atoms with Gasteiger partial charge in [0.25, 0.3) is 0 Å². The van der Waals surface area contributed by atoms with E-state index in [1.807, 2.05) is 12.1 Å². The van der Waals surface area contributed by atoms with Gasteiger partial charge >= 0.3 is 0 Å². The van der Waals surface area contributed by atoms with E-state index in [1.165, 1.54) is 11.1 Å². The summed E-state index contributed by atoms with van der Waals surface area (Å²) < 4.78 is 0. The topological polar surface area (TPSA) is 63.4 Å². The third-order valence-electron chi connectivity index (χ3n) is 6.26. The summed E-state index contributed by atoms with van der Waals surface area (Å²) in [5.41, 5.74) is 8.51. The highest BCUT2D eigenvalue weighted by Gasteiger charge is 2.54. The highest BCUT2D eigenvalue weighted by molar-refractivity contribution is 5.93. The summed E-state index contributed by atoms with van der Waals surface area (Å²) in [5, 5.41) is 0. The van der Waals surface area contributed by atoms with Gasteiger partial charge in [-0.3, -0.25) is 9.59 Å². The van der Waals surface area contributed by atoms with Crippen LogP contribution in [0.3, 0.4) is 0 Å². The van der Waals surface area contributed by atoms with Crippen molar-refractivity contribution >= 4 is 11.7 Å². The molecule has 4 heteroatoms. The molecule has 0 unspecified atom stereocenters. The van der Waals surface area contributed by atoms with Gasteiger partial charge in [0, 0.05) is 29.9 Å². The van der Waals surface area contributed by atoms with Crippen molar-refractivity contribution in [3.8, 4) is 0 Å². The van der Waals surface area contributed by atoms with Crippen LogP contribution < -0.4 is 5.73 Å². The highest BCUT2D eigenvalue weighted by Crippen LogP contribution is 2.54. The molecule has 0 aromatic heterocycles. The lowest BCUT2D eigenvalue weighted by Crippen LogP contribution is -2.60. The molecule has 1 aromatic carbocycles. The van der Waals surface area contributed by atoms with Crippen molar-refractivity contribution in [2.45, 2.75) is 43.6 Å². The average molecular weight is 298 g/mol. The van der Waals surface area contributed by atoms with E-state index >= 15 is 0 Å². The van der Waals surface area contributed by atoms with E-state index in [0.717, 1.165) is 25.8 Å². The molecule has 4 nitrogen and oxygen atoms in total. The number of piperidine rings is 1. The van der Waals surface area contributed by atoms with Crippen LogP contribution >= 0.6 is 0 Å². The molecule has 1 aliphatic heterocycles. The van der Waals surface area contributed by atoms with Gasteiger partial charge in [0.2, 0.25) is 5.91 Å². The van der Waals surface area contributed by atoms with E-state index in [2.05, 4.69) is 18.0 Å². The van der Waals surface area contributed by atoms with Crippen LogP contribution in [-0.2, 0) is 16.6 Å². The van der Waals surface area contributed by atoms with Gasteiger partial charge < -0.3 is 10.6 Å². The van der Waals surface area contributed by atoms with E-state index in [-0.39, 0.29) is 11.3 Å². The van der Waals surface area contributed by atoms with Gasteiger partial charge in [-0.1, -0.05) is 6.07 Å². The second-order valence-electron chi connectivity index (χ2n) is 7.26. The smallest absolute Gasteiger partial charge is 0.248 e. The number of hydrogen-bond acceptors (Lipinski definition) is 3. The van der Waals surface area contributed by atoms with Crippen molar-refractivity contribution in [1.29, 1.82) is 0 Å². The number of nitrogens with two attached hydrogens (primary N) is 1. The fraction of sp³-hybridized carbons (Fsp3) is 0.556. The lowest BCUT2D eigenvalue weighted by molar-refractivity contribution is -0.126. The minimum Gasteiger partial charge on any atom is -0.366 e. The Morgan fingerprint density at radius 3 is 3.00 bits per heavy atom. The van der Waals surface area contributed by atoms with Crippen molar-refractivity contribution < 1.29 is 9.59 Å². The molecule has 4 rings (SSSR count). The molecule has 1 saturated heterocycles. The number of likely N-dealkylation sites (N-methyl/N-ethyl adjacent to an activating group) is 1. The van der Waals surface area contributed by atoms with Crippen LogP contribution in [0, 0.1) is 5.92 Å². The molecule has 1 aromatic rings. The number of hydrogen-bond donors (Lipinski definition) is 1. The number of ketones is 1. The maximum absolute atomic E-state index is 12.2. The fourth-order valence-electron chi connectivity index (χ4n) is 5.17. The molecule has 1 heterocycles. The van der Waals surface area contributed by atoms with Crippen molar-refractivity contribution in [1.82, 2.24) is 4.90 Å². The first-order valence-corrected chi connectivity index (χ1v) is 8.16. The zero-order valence-corrected chi connectivity index (χ0v) is 13.0. The van der Waals surface area contributed by atoms with Crippen LogP contribution in [0.25, 0.3) is 0 Å². The van der Waals surface area contributed by atoms with Crippen molar-refractivity contribution in [3.05, 3.63) is 34.9 Å². The lowest BCUT2D eigenvalue weighted by atomic mass is 9.52. The molecule has 2 fully saturated rings. The minimum atomic E-state index is -0.382. The number of Topliss-reactive ketones (excluding diaryl/α,β-unsaturated/α-hetero) is 1. The van der Waals surface area contributed by atoms with Crippen LogP contribution in [-0.4, -0.2) is 36.2 Å². The Bertz CT molecular complexity index is 669. The first-order chi connectivity index (χ1) is 10.5. The molecule has 3 atom stereocenters. The maximum atomic E-state index is 12.2. The van der Waals surface area contributed by atoms with Crippen molar-refractivity contribution in [2.24, 2.45) is 11.7 Å². The van der Waals surface area contributed by atoms with Crippen LogP contribution in [0.5, 0.6) is 0 Å². The molecule has 1 amide bonds. The summed E-state index contributed by atoms with van der Waals surface area (Å²) in [6.07, 6.45) is 4.35. The Balaban J connectivity index is 1.91. The van der Waals surface area contributed by atoms with Gasteiger partial charge in [0.15, 0.2) is 0 Å². The summed E-state index contributed by atoms with van der Waals surface area (Å²) >= 11 is 0. The SMILES string of the molecule is CN1CC[C@]23CC(=O)CC[C@H]2[C@H]1Cc1ccc(C(N)=O)cc13. The molecule has 1 saturated carbocycles. The van der Waals surface area contributed by atoms with Crippen LogP contribution in [0.2, 0.25) is 0 Å². The quantitative estimate of drug-likeness (QED) is 0.857. The first kappa shape index (κ1) is 13.9. The van der Waals surface area contributed by atoms with Gasteiger partial charge in [0.1, 0.15) is 5.78 Å². The molecular weight excluding hydrogens is 276 g/mol. The molecule has 0 spiro atoms. The van der Waals surface area contributed by atoms with Crippen LogP contribution in [0.4, 0.5) is 0 Å². The Hall–Kier alpha value is -1.68. The normalized spacial score (nSPS) is 34.0. The Morgan fingerprint density at radius 1 is 1.41 bits per heavy atom. The summed E-state index contributed by atoms with van der Waals surface area (Å²) in [6, 6.07) is 6.39. The predicted molar refractivity (Wildman–Crippen MR) is 83.7 cm³/mol. The van der Waals surface area contributed by atoms with Gasteiger partial charge in [0.05, 0.1) is 0 Å². The molecule has 22 heavy (non-hydrogen) atoms. The minimum absolute atomic E-state index is 0.0639. The van der Waals surface area contributed by atoms with E-state index in [1.54, 1.807) is 0 Å². The van der Waals surface area contributed by atoms with E-state index < -0.39 is 0 Å². The number of primary amides is 1. The maximum Gasteiger partial charge on any atom is 0.248 e. The standard InChI is InChI=1S/C18H22N2O2/c1-20-7-6-18-10-13(21)4-5-14(18)16(20)9-11-2-3-12(17(19)22)8-15(11)18/h2-3,8,14,16H,4-7,9-10H2,1H3,(H2,19,22)/t14-,16+,18-/m0/s1. The second kappa shape index (κ2) is 4.66. The van der Waals surface area contributed by atoms with Gasteiger partial charge in [-0.25, -0.2) is 0 Å². The van der Waals surface area contributed by atoms with Gasteiger partial charge in [-0.15, -0.1) is 0 Å². The molecular formula is C18H22N2O2. The number of nitrogens with zero attached hydrogens (tertiary/aromatic N) is 1. The summed E-state index contributed by atoms with van der Waals surface area (Å²) in [6.45, 7) is 1.02. The molecule has 0 radical (unpaired) electrons. The summed E-state index contributed by atoms with van der Waals surface area (Å²) in [7, 11) is 2.20. The van der Waals surface area contributed by atoms with E-state index in [4.69, 9.17) is 5.73 Å². The monoisotopic (exact) mass is 298 g/mol. The number of rotatable bonds is 1. The largest absolute Gasteiger partial charge is 0.366 e. The zero-order valence-electron chi connectivity index (χ0n) is 13.0. The number of benzene rings is 1.